The Morgan fingerprint density at radius 1 is 0.974 bits per heavy atom. The van der Waals surface area contributed by atoms with Gasteiger partial charge in [0.1, 0.15) is 11.0 Å². The van der Waals surface area contributed by atoms with Crippen molar-refractivity contribution in [2.45, 2.75) is 24.9 Å². The zero-order valence-electron chi connectivity index (χ0n) is 20.3. The van der Waals surface area contributed by atoms with Crippen LogP contribution in [0.25, 0.3) is 9.88 Å². The minimum Gasteiger partial charge on any atom is -0.755 e. The summed E-state index contributed by atoms with van der Waals surface area (Å²) in [6.07, 6.45) is -0.0279. The van der Waals surface area contributed by atoms with Gasteiger partial charge in [-0.05, 0) is 41.1 Å². The van der Waals surface area contributed by atoms with Crippen molar-refractivity contribution in [1.82, 2.24) is 15.6 Å². The number of carbonyl (C=O) groups is 2. The zero-order valence-corrected chi connectivity index (χ0v) is 22.7. The molecule has 0 bridgehead atoms. The van der Waals surface area contributed by atoms with E-state index in [1.807, 2.05) is 53.2 Å². The summed E-state index contributed by atoms with van der Waals surface area (Å²) < 4.78 is 28.9. The number of hydrogen-bond acceptors (Lipinski definition) is 8. The third-order valence-corrected chi connectivity index (χ3v) is 7.90. The molecule has 2 aromatic carbocycles. The molecule has 0 fully saturated rings. The van der Waals surface area contributed by atoms with Crippen molar-refractivity contribution in [1.29, 1.82) is 0 Å². The monoisotopic (exact) mass is 569 g/mol. The number of alkyl carbamates (subject to hydrolysis) is 1. The second-order valence-electron chi connectivity index (χ2n) is 8.23. The van der Waals surface area contributed by atoms with Crippen LogP contribution in [-0.4, -0.2) is 38.9 Å². The number of thiophene rings is 1. The third-order valence-electron chi connectivity index (χ3n) is 5.60. The SMILES string of the molecule is COC(=O)N[C@@H](Cc1ccccc1)C(=O)N[C@@H](Cc1ccc(NS(=O)[O-])cc1)c1csc(-c2cccs2)n1. The smallest absolute Gasteiger partial charge is 0.407 e. The van der Waals surface area contributed by atoms with E-state index in [0.29, 0.717) is 17.8 Å². The molecule has 0 spiro atoms. The molecule has 198 valence electrons. The molecule has 0 saturated heterocycles. The lowest BCUT2D eigenvalue weighted by molar-refractivity contribution is -0.123. The number of hydrogen-bond donors (Lipinski definition) is 3. The van der Waals surface area contributed by atoms with Gasteiger partial charge >= 0.3 is 6.09 Å². The van der Waals surface area contributed by atoms with Crippen molar-refractivity contribution in [2.24, 2.45) is 0 Å². The van der Waals surface area contributed by atoms with Crippen molar-refractivity contribution in [3.05, 3.63) is 94.3 Å². The van der Waals surface area contributed by atoms with E-state index >= 15 is 0 Å². The quantitative estimate of drug-likeness (QED) is 0.229. The first-order valence-electron chi connectivity index (χ1n) is 11.5. The molecule has 3 N–H and O–H groups in total. The molecule has 2 heterocycles. The molecule has 0 aliphatic heterocycles. The van der Waals surface area contributed by atoms with Crippen LogP contribution >= 0.6 is 22.7 Å². The maximum atomic E-state index is 13.5. The van der Waals surface area contributed by atoms with Crippen LogP contribution < -0.4 is 15.4 Å². The minimum atomic E-state index is -2.42. The number of benzene rings is 2. The average molecular weight is 570 g/mol. The largest absolute Gasteiger partial charge is 0.755 e. The highest BCUT2D eigenvalue weighted by Gasteiger charge is 2.26. The molecule has 0 radical (unpaired) electrons. The lowest BCUT2D eigenvalue weighted by Gasteiger charge is -2.23. The number of anilines is 1. The van der Waals surface area contributed by atoms with E-state index in [4.69, 9.17) is 9.72 Å². The van der Waals surface area contributed by atoms with Crippen LogP contribution in [0.1, 0.15) is 22.9 Å². The molecule has 0 saturated carbocycles. The molecule has 0 aliphatic rings. The summed E-state index contributed by atoms with van der Waals surface area (Å²) in [4.78, 5) is 31.4. The van der Waals surface area contributed by atoms with Crippen molar-refractivity contribution >= 4 is 51.6 Å². The number of aromatic nitrogens is 1. The topological polar surface area (TPSA) is 132 Å². The van der Waals surface area contributed by atoms with Gasteiger partial charge in [0.05, 0.1) is 23.7 Å². The van der Waals surface area contributed by atoms with Gasteiger partial charge in [0.15, 0.2) is 0 Å². The Bertz CT molecular complexity index is 1360. The van der Waals surface area contributed by atoms with E-state index in [9.17, 15) is 18.4 Å². The number of amides is 2. The summed E-state index contributed by atoms with van der Waals surface area (Å²) in [5.41, 5.74) is 2.87. The van der Waals surface area contributed by atoms with Gasteiger partial charge in [0.2, 0.25) is 5.91 Å². The lowest BCUT2D eigenvalue weighted by Crippen LogP contribution is -2.49. The Kier molecular flexibility index (Phi) is 9.60. The highest BCUT2D eigenvalue weighted by molar-refractivity contribution is 7.80. The van der Waals surface area contributed by atoms with E-state index in [1.54, 1.807) is 35.6 Å². The van der Waals surface area contributed by atoms with Gasteiger partial charge < -0.3 is 24.6 Å². The van der Waals surface area contributed by atoms with E-state index in [-0.39, 0.29) is 12.3 Å². The first kappa shape index (κ1) is 27.5. The Morgan fingerprint density at radius 2 is 1.71 bits per heavy atom. The summed E-state index contributed by atoms with van der Waals surface area (Å²) in [7, 11) is 1.25. The number of rotatable bonds is 11. The summed E-state index contributed by atoms with van der Waals surface area (Å²) in [6.45, 7) is 0. The number of methoxy groups -OCH3 is 1. The standard InChI is InChI=1S/C26H26N4O5S3/c1-35-26(32)29-21(15-17-6-3-2-4-7-17)24(31)27-20(14-18-9-11-19(12-10-18)30-38(33)34)22-16-37-25(28-22)23-8-5-13-36-23/h2-13,16,20-21,30H,14-15H2,1H3,(H,27,31)(H,29,32)(H,33,34)/p-1/t20-,21-/m0/s1. The molecular weight excluding hydrogens is 545 g/mol. The molecule has 1 unspecified atom stereocenters. The Morgan fingerprint density at radius 3 is 2.37 bits per heavy atom. The van der Waals surface area contributed by atoms with Crippen LogP contribution in [0.3, 0.4) is 0 Å². The van der Waals surface area contributed by atoms with Crippen molar-refractivity contribution in [3.8, 4) is 9.88 Å². The lowest BCUT2D eigenvalue weighted by atomic mass is 10.0. The number of thiazole rings is 1. The zero-order chi connectivity index (χ0) is 26.9. The van der Waals surface area contributed by atoms with Crippen LogP contribution in [0.15, 0.2) is 77.5 Å². The van der Waals surface area contributed by atoms with E-state index < -0.39 is 29.4 Å². The molecule has 2 aromatic heterocycles. The molecular formula is C26H25N4O5S3-. The summed E-state index contributed by atoms with van der Waals surface area (Å²) >= 11 is 0.649. The molecule has 4 aromatic rings. The molecule has 0 aliphatic carbocycles. The maximum Gasteiger partial charge on any atom is 0.407 e. The first-order chi connectivity index (χ1) is 18.4. The van der Waals surface area contributed by atoms with Gasteiger partial charge in [-0.3, -0.25) is 9.00 Å². The Hall–Kier alpha value is -3.58. The van der Waals surface area contributed by atoms with E-state index in [0.717, 1.165) is 21.0 Å². The number of nitrogens with zero attached hydrogens (tertiary/aromatic N) is 1. The fraction of sp³-hybridized carbons (Fsp3) is 0.192. The third kappa shape index (κ3) is 7.71. The minimum absolute atomic E-state index is 0.276. The summed E-state index contributed by atoms with van der Waals surface area (Å²) in [6, 6.07) is 18.8. The van der Waals surface area contributed by atoms with Crippen LogP contribution in [0.4, 0.5) is 10.5 Å². The predicted molar refractivity (Wildman–Crippen MR) is 148 cm³/mol. The van der Waals surface area contributed by atoms with Gasteiger partial charge in [-0.2, -0.15) is 0 Å². The number of carbonyl (C=O) groups excluding carboxylic acids is 2. The Labute approximate surface area is 230 Å². The predicted octanol–water partition coefficient (Wildman–Crippen LogP) is 4.44. The molecule has 38 heavy (non-hydrogen) atoms. The fourth-order valence-electron chi connectivity index (χ4n) is 3.76. The van der Waals surface area contributed by atoms with Crippen LogP contribution in [-0.2, 0) is 33.6 Å². The van der Waals surface area contributed by atoms with Gasteiger partial charge in [-0.25, -0.2) is 9.78 Å². The fourth-order valence-corrected chi connectivity index (χ4v) is 5.78. The normalized spacial score (nSPS) is 13.2. The number of nitrogens with one attached hydrogen (secondary N) is 3. The average Bonchev–Trinajstić information content (AvgIpc) is 3.62. The van der Waals surface area contributed by atoms with Gasteiger partial charge in [0, 0.05) is 28.8 Å². The van der Waals surface area contributed by atoms with Gasteiger partial charge in [0.25, 0.3) is 0 Å². The first-order valence-corrected chi connectivity index (χ1v) is 14.4. The molecule has 9 nitrogen and oxygen atoms in total. The highest BCUT2D eigenvalue weighted by Crippen LogP contribution is 2.31. The highest BCUT2D eigenvalue weighted by atomic mass is 32.2. The summed E-state index contributed by atoms with van der Waals surface area (Å²) in [5, 5.41) is 10.4. The van der Waals surface area contributed by atoms with Gasteiger partial charge in [-0.15, -0.1) is 22.7 Å². The maximum absolute atomic E-state index is 13.5. The van der Waals surface area contributed by atoms with Crippen LogP contribution in [0.2, 0.25) is 0 Å². The second kappa shape index (κ2) is 13.3. The van der Waals surface area contributed by atoms with Crippen LogP contribution in [0.5, 0.6) is 0 Å². The summed E-state index contributed by atoms with van der Waals surface area (Å²) in [5.74, 6) is -0.380. The van der Waals surface area contributed by atoms with Crippen LogP contribution in [0, 0.1) is 0 Å². The van der Waals surface area contributed by atoms with Crippen molar-refractivity contribution in [3.63, 3.8) is 0 Å². The van der Waals surface area contributed by atoms with Crippen molar-refractivity contribution in [2.75, 3.05) is 11.8 Å². The second-order valence-corrected chi connectivity index (χ2v) is 10.7. The van der Waals surface area contributed by atoms with Gasteiger partial charge in [-0.1, -0.05) is 48.5 Å². The van der Waals surface area contributed by atoms with E-state index in [1.165, 1.54) is 18.4 Å². The molecule has 2 amide bonds. The molecule has 12 heteroatoms. The number of ether oxygens (including phenoxy) is 1. The van der Waals surface area contributed by atoms with Crippen molar-refractivity contribution < 1.29 is 23.1 Å². The molecule has 4 rings (SSSR count). The van der Waals surface area contributed by atoms with E-state index in [2.05, 4.69) is 15.4 Å². The Balaban J connectivity index is 1.58. The molecule has 3 atom stereocenters.